The first-order chi connectivity index (χ1) is 14.2. The molecule has 1 saturated heterocycles. The minimum Gasteiger partial charge on any atom is -0.494 e. The molecule has 4 rings (SSSR count). The van der Waals surface area contributed by atoms with Gasteiger partial charge in [0.15, 0.2) is 0 Å². The highest BCUT2D eigenvalue weighted by Crippen LogP contribution is 2.31. The quantitative estimate of drug-likeness (QED) is 0.690. The number of likely N-dealkylation sites (tertiary alicyclic amines) is 1. The number of hydrogen-bond donors (Lipinski definition) is 1. The van der Waals surface area contributed by atoms with Crippen LogP contribution < -0.4 is 10.3 Å². The predicted octanol–water partition coefficient (Wildman–Crippen LogP) is 3.96. The van der Waals surface area contributed by atoms with Crippen LogP contribution in [0.2, 0.25) is 0 Å². The Balaban J connectivity index is 1.59. The Bertz CT molecular complexity index is 986. The zero-order valence-electron chi connectivity index (χ0n) is 16.7. The van der Waals surface area contributed by atoms with Crippen LogP contribution >= 0.6 is 0 Å². The van der Waals surface area contributed by atoms with Gasteiger partial charge in [-0.15, -0.1) is 0 Å². The first kappa shape index (κ1) is 19.3. The van der Waals surface area contributed by atoms with E-state index in [1.54, 1.807) is 18.5 Å². The number of piperidine rings is 1. The SMILES string of the molecule is CCOc1ccc(CN2CCCC[C@@H]2c2cc(=O)[nH]c(-c3cccnc3)n2)cc1. The van der Waals surface area contributed by atoms with Crippen molar-refractivity contribution in [1.82, 2.24) is 19.9 Å². The van der Waals surface area contributed by atoms with Crippen LogP contribution in [0.5, 0.6) is 5.75 Å². The lowest BCUT2D eigenvalue weighted by Crippen LogP contribution is -2.34. The normalized spacial score (nSPS) is 17.2. The molecule has 1 aromatic carbocycles. The van der Waals surface area contributed by atoms with Gasteiger partial charge in [-0.1, -0.05) is 18.6 Å². The molecule has 1 fully saturated rings. The summed E-state index contributed by atoms with van der Waals surface area (Å²) >= 11 is 0. The summed E-state index contributed by atoms with van der Waals surface area (Å²) in [5.41, 5.74) is 2.76. The lowest BCUT2D eigenvalue weighted by molar-refractivity contribution is 0.137. The van der Waals surface area contributed by atoms with E-state index in [2.05, 4.69) is 27.0 Å². The number of rotatable bonds is 6. The number of pyridine rings is 1. The van der Waals surface area contributed by atoms with Crippen LogP contribution in [0, 0.1) is 0 Å². The van der Waals surface area contributed by atoms with Gasteiger partial charge in [0.05, 0.1) is 18.3 Å². The van der Waals surface area contributed by atoms with Crippen LogP contribution in [0.25, 0.3) is 11.4 Å². The average molecular weight is 390 g/mol. The number of H-pyrrole nitrogens is 1. The maximum atomic E-state index is 12.3. The van der Waals surface area contributed by atoms with E-state index in [4.69, 9.17) is 9.72 Å². The second kappa shape index (κ2) is 9.01. The van der Waals surface area contributed by atoms with Gasteiger partial charge in [0.25, 0.3) is 5.56 Å². The first-order valence-corrected chi connectivity index (χ1v) is 10.2. The monoisotopic (exact) mass is 390 g/mol. The number of aromatic nitrogens is 3. The Morgan fingerprint density at radius 3 is 2.83 bits per heavy atom. The third-order valence-corrected chi connectivity index (χ3v) is 5.27. The molecular formula is C23H26N4O2. The molecule has 3 heterocycles. The predicted molar refractivity (Wildman–Crippen MR) is 113 cm³/mol. The third-order valence-electron chi connectivity index (χ3n) is 5.27. The van der Waals surface area contributed by atoms with E-state index in [9.17, 15) is 4.79 Å². The largest absolute Gasteiger partial charge is 0.494 e. The average Bonchev–Trinajstić information content (AvgIpc) is 2.76. The molecule has 0 spiro atoms. The topological polar surface area (TPSA) is 71.1 Å². The summed E-state index contributed by atoms with van der Waals surface area (Å²) in [5.74, 6) is 1.47. The minimum absolute atomic E-state index is 0.125. The van der Waals surface area contributed by atoms with E-state index in [1.807, 2.05) is 31.2 Å². The highest BCUT2D eigenvalue weighted by molar-refractivity contribution is 5.52. The maximum Gasteiger partial charge on any atom is 0.251 e. The summed E-state index contributed by atoms with van der Waals surface area (Å²) in [6.45, 7) is 4.48. The molecule has 0 bridgehead atoms. The zero-order chi connectivity index (χ0) is 20.1. The van der Waals surface area contributed by atoms with Gasteiger partial charge >= 0.3 is 0 Å². The van der Waals surface area contributed by atoms with Crippen LogP contribution in [0.3, 0.4) is 0 Å². The molecule has 1 aliphatic heterocycles. The molecule has 6 nitrogen and oxygen atoms in total. The van der Waals surface area contributed by atoms with Crippen LogP contribution in [0.4, 0.5) is 0 Å². The van der Waals surface area contributed by atoms with Crippen molar-refractivity contribution in [2.75, 3.05) is 13.2 Å². The van der Waals surface area contributed by atoms with E-state index in [-0.39, 0.29) is 11.6 Å². The molecule has 0 aliphatic carbocycles. The molecule has 1 N–H and O–H groups in total. The van der Waals surface area contributed by atoms with Gasteiger partial charge in [-0.05, 0) is 56.1 Å². The van der Waals surface area contributed by atoms with Crippen LogP contribution in [0.1, 0.15) is 43.5 Å². The van der Waals surface area contributed by atoms with E-state index in [0.717, 1.165) is 49.4 Å². The van der Waals surface area contributed by atoms with Crippen molar-refractivity contribution in [2.45, 2.75) is 38.8 Å². The first-order valence-electron chi connectivity index (χ1n) is 10.2. The number of hydrogen-bond acceptors (Lipinski definition) is 5. The van der Waals surface area contributed by atoms with Gasteiger partial charge < -0.3 is 9.72 Å². The summed E-state index contributed by atoms with van der Waals surface area (Å²) in [7, 11) is 0. The van der Waals surface area contributed by atoms with Gasteiger partial charge in [0.2, 0.25) is 0 Å². The van der Waals surface area contributed by atoms with Crippen LogP contribution in [-0.2, 0) is 6.54 Å². The molecular weight excluding hydrogens is 364 g/mol. The Labute approximate surface area is 170 Å². The van der Waals surface area contributed by atoms with Gasteiger partial charge in [0, 0.05) is 30.6 Å². The van der Waals surface area contributed by atoms with E-state index < -0.39 is 0 Å². The molecule has 1 atom stereocenters. The molecule has 0 radical (unpaired) electrons. The van der Waals surface area contributed by atoms with Gasteiger partial charge in [-0.25, -0.2) is 4.98 Å². The van der Waals surface area contributed by atoms with E-state index in [0.29, 0.717) is 12.4 Å². The van der Waals surface area contributed by atoms with Crippen molar-refractivity contribution < 1.29 is 4.74 Å². The standard InChI is InChI=1S/C23H26N4O2/c1-2-29-19-10-8-17(9-11-19)16-27-13-4-3-7-21(27)20-14-22(28)26-23(25-20)18-6-5-12-24-15-18/h5-6,8-12,14-15,21H,2-4,7,13,16H2,1H3,(H,25,26,28)/t21-/m1/s1. The summed E-state index contributed by atoms with van der Waals surface area (Å²) in [4.78, 5) is 26.6. The fourth-order valence-electron chi connectivity index (χ4n) is 3.89. The zero-order valence-corrected chi connectivity index (χ0v) is 16.7. The van der Waals surface area contributed by atoms with Gasteiger partial charge in [-0.3, -0.25) is 14.7 Å². The third kappa shape index (κ3) is 4.71. The van der Waals surface area contributed by atoms with Crippen molar-refractivity contribution in [2.24, 2.45) is 0 Å². The van der Waals surface area contributed by atoms with Crippen molar-refractivity contribution in [3.63, 3.8) is 0 Å². The number of nitrogens with zero attached hydrogens (tertiary/aromatic N) is 3. The van der Waals surface area contributed by atoms with Crippen molar-refractivity contribution in [3.05, 3.63) is 76.5 Å². The van der Waals surface area contributed by atoms with Gasteiger partial charge in [-0.2, -0.15) is 0 Å². The summed E-state index contributed by atoms with van der Waals surface area (Å²) in [6, 6.07) is 13.8. The Kier molecular flexibility index (Phi) is 6.00. The highest BCUT2D eigenvalue weighted by atomic mass is 16.5. The van der Waals surface area contributed by atoms with Crippen molar-refractivity contribution in [1.29, 1.82) is 0 Å². The second-order valence-corrected chi connectivity index (χ2v) is 7.32. The molecule has 1 aliphatic rings. The number of benzene rings is 1. The molecule has 0 unspecified atom stereocenters. The molecule has 29 heavy (non-hydrogen) atoms. The van der Waals surface area contributed by atoms with Crippen LogP contribution in [-0.4, -0.2) is 33.0 Å². The lowest BCUT2D eigenvalue weighted by atomic mass is 9.98. The van der Waals surface area contributed by atoms with Gasteiger partial charge in [0.1, 0.15) is 11.6 Å². The second-order valence-electron chi connectivity index (χ2n) is 7.32. The smallest absolute Gasteiger partial charge is 0.251 e. The fourth-order valence-corrected chi connectivity index (χ4v) is 3.89. The summed E-state index contributed by atoms with van der Waals surface area (Å²) in [5, 5.41) is 0. The molecule has 2 aromatic heterocycles. The highest BCUT2D eigenvalue weighted by Gasteiger charge is 2.26. The Morgan fingerprint density at radius 1 is 1.21 bits per heavy atom. The van der Waals surface area contributed by atoms with Crippen LogP contribution in [0.15, 0.2) is 59.7 Å². The number of aromatic amines is 1. The lowest BCUT2D eigenvalue weighted by Gasteiger charge is -2.35. The maximum absolute atomic E-state index is 12.3. The Hall–Kier alpha value is -2.99. The summed E-state index contributed by atoms with van der Waals surface area (Å²) in [6.07, 6.45) is 6.74. The molecule has 6 heteroatoms. The molecule has 3 aromatic rings. The van der Waals surface area contributed by atoms with E-state index >= 15 is 0 Å². The Morgan fingerprint density at radius 2 is 2.07 bits per heavy atom. The van der Waals surface area contributed by atoms with Crippen molar-refractivity contribution in [3.8, 4) is 17.1 Å². The molecule has 0 saturated carbocycles. The molecule has 0 amide bonds. The minimum atomic E-state index is -0.125. The summed E-state index contributed by atoms with van der Waals surface area (Å²) < 4.78 is 5.54. The van der Waals surface area contributed by atoms with Crippen molar-refractivity contribution >= 4 is 0 Å². The number of nitrogens with one attached hydrogen (secondary N) is 1. The van der Waals surface area contributed by atoms with E-state index in [1.165, 1.54) is 5.56 Å². The number of ether oxygens (including phenoxy) is 1. The molecule has 150 valence electrons. The fraction of sp³-hybridized carbons (Fsp3) is 0.348.